The number of unbranched alkanes of at least 4 members (excludes halogenated alkanes) is 25. The summed E-state index contributed by atoms with van der Waals surface area (Å²) in [6.07, 6.45) is 38.0. The van der Waals surface area contributed by atoms with Crippen LogP contribution in [0.1, 0.15) is 184 Å². The third-order valence-electron chi connectivity index (χ3n) is 8.60. The molecule has 232 valence electrons. The molecule has 0 aliphatic rings. The number of hydrogen-bond acceptors (Lipinski definition) is 3. The Bertz CT molecular complexity index is 874. The SMILES string of the molecule is CCCCCCCCCCCCCCCCCCCCCCCCCCCCOC(=O)c1nccc2ccccc12. The predicted octanol–water partition coefficient (Wildman–Crippen LogP) is 12.6. The van der Waals surface area contributed by atoms with E-state index in [1.54, 1.807) is 6.20 Å². The zero-order chi connectivity index (χ0) is 29.1. The third-order valence-corrected chi connectivity index (χ3v) is 8.60. The Morgan fingerprint density at radius 1 is 0.537 bits per heavy atom. The molecule has 0 radical (unpaired) electrons. The third kappa shape index (κ3) is 18.3. The van der Waals surface area contributed by atoms with Crippen molar-refractivity contribution >= 4 is 16.7 Å². The van der Waals surface area contributed by atoms with Crippen molar-refractivity contribution in [2.75, 3.05) is 6.61 Å². The molecule has 2 aromatic rings. The van der Waals surface area contributed by atoms with Gasteiger partial charge in [-0.3, -0.25) is 0 Å². The smallest absolute Gasteiger partial charge is 0.357 e. The van der Waals surface area contributed by atoms with Gasteiger partial charge in [0.1, 0.15) is 0 Å². The van der Waals surface area contributed by atoms with E-state index in [9.17, 15) is 4.79 Å². The van der Waals surface area contributed by atoms with E-state index in [0.717, 1.165) is 23.6 Å². The zero-order valence-electron chi connectivity index (χ0n) is 26.8. The largest absolute Gasteiger partial charge is 0.461 e. The Hall–Kier alpha value is -1.90. The average molecular weight is 566 g/mol. The van der Waals surface area contributed by atoms with Crippen molar-refractivity contribution in [3.05, 3.63) is 42.2 Å². The fraction of sp³-hybridized carbons (Fsp3) is 0.737. The first-order chi connectivity index (χ1) is 20.3. The Balaban J connectivity index is 1.24. The average Bonchev–Trinajstić information content (AvgIpc) is 3.00. The molecule has 0 bridgehead atoms. The van der Waals surface area contributed by atoms with Crippen molar-refractivity contribution in [3.63, 3.8) is 0 Å². The first-order valence-corrected chi connectivity index (χ1v) is 17.8. The highest BCUT2D eigenvalue weighted by molar-refractivity contribution is 6.02. The molecule has 0 saturated carbocycles. The highest BCUT2D eigenvalue weighted by Crippen LogP contribution is 2.18. The number of carbonyl (C=O) groups is 1. The van der Waals surface area contributed by atoms with Crippen molar-refractivity contribution in [1.82, 2.24) is 4.98 Å². The molecule has 41 heavy (non-hydrogen) atoms. The van der Waals surface area contributed by atoms with Crippen LogP contribution in [0.4, 0.5) is 0 Å². The minimum atomic E-state index is -0.304. The Kier molecular flexibility index (Phi) is 22.2. The lowest BCUT2D eigenvalue weighted by molar-refractivity contribution is 0.0493. The van der Waals surface area contributed by atoms with Gasteiger partial charge in [0.2, 0.25) is 0 Å². The van der Waals surface area contributed by atoms with Gasteiger partial charge in [0.25, 0.3) is 0 Å². The first kappa shape index (κ1) is 35.3. The quantitative estimate of drug-likeness (QED) is 0.0760. The molecule has 2 rings (SSSR count). The van der Waals surface area contributed by atoms with Crippen LogP contribution in [-0.2, 0) is 4.74 Å². The van der Waals surface area contributed by atoms with Crippen LogP contribution in [0, 0.1) is 0 Å². The maximum atomic E-state index is 12.4. The van der Waals surface area contributed by atoms with Crippen LogP contribution in [0.15, 0.2) is 36.5 Å². The summed E-state index contributed by atoms with van der Waals surface area (Å²) < 4.78 is 5.49. The number of pyridine rings is 1. The van der Waals surface area contributed by atoms with Gasteiger partial charge in [-0.05, 0) is 17.9 Å². The van der Waals surface area contributed by atoms with Crippen LogP contribution in [0.2, 0.25) is 0 Å². The standard InChI is InChI=1S/C38H63NO2/c1-2-3-4-5-6-7-8-9-10-11-12-13-14-15-16-17-18-19-20-21-22-23-24-25-26-29-34-41-38(40)37-36-31-28-27-30-35(36)32-33-39-37/h27-28,30-33H,2-26,29,34H2,1H3. The van der Waals surface area contributed by atoms with Gasteiger partial charge in [0, 0.05) is 11.6 Å². The Morgan fingerprint density at radius 3 is 1.37 bits per heavy atom. The second-order valence-corrected chi connectivity index (χ2v) is 12.4. The number of aromatic nitrogens is 1. The van der Waals surface area contributed by atoms with E-state index in [4.69, 9.17) is 4.74 Å². The lowest BCUT2D eigenvalue weighted by Gasteiger charge is -2.07. The first-order valence-electron chi connectivity index (χ1n) is 17.8. The molecular formula is C38H63NO2. The van der Waals surface area contributed by atoms with Crippen LogP contribution in [0.25, 0.3) is 10.8 Å². The number of esters is 1. The molecule has 0 atom stereocenters. The Labute approximate surface area is 253 Å². The normalized spacial score (nSPS) is 11.3. The second-order valence-electron chi connectivity index (χ2n) is 12.4. The summed E-state index contributed by atoms with van der Waals surface area (Å²) in [5.41, 5.74) is 0.429. The molecule has 0 spiro atoms. The maximum Gasteiger partial charge on any atom is 0.357 e. The summed E-state index contributed by atoms with van der Waals surface area (Å²) in [4.78, 5) is 16.7. The summed E-state index contributed by atoms with van der Waals surface area (Å²) in [6, 6.07) is 9.76. The number of benzene rings is 1. The van der Waals surface area contributed by atoms with E-state index < -0.39 is 0 Å². The molecule has 0 amide bonds. The van der Waals surface area contributed by atoms with E-state index in [1.165, 1.54) is 154 Å². The van der Waals surface area contributed by atoms with E-state index in [1.807, 2.05) is 30.3 Å². The summed E-state index contributed by atoms with van der Waals surface area (Å²) in [5, 5.41) is 1.89. The zero-order valence-corrected chi connectivity index (χ0v) is 26.8. The molecule has 0 unspecified atom stereocenters. The number of rotatable bonds is 28. The number of ether oxygens (including phenoxy) is 1. The van der Waals surface area contributed by atoms with Crippen molar-refractivity contribution in [2.45, 2.75) is 174 Å². The summed E-state index contributed by atoms with van der Waals surface area (Å²) >= 11 is 0. The van der Waals surface area contributed by atoms with Gasteiger partial charge in [-0.1, -0.05) is 192 Å². The molecule has 1 heterocycles. The molecule has 1 aromatic heterocycles. The van der Waals surface area contributed by atoms with E-state index in [-0.39, 0.29) is 5.97 Å². The van der Waals surface area contributed by atoms with E-state index >= 15 is 0 Å². The van der Waals surface area contributed by atoms with Crippen LogP contribution in [-0.4, -0.2) is 17.6 Å². The lowest BCUT2D eigenvalue weighted by atomic mass is 10.0. The fourth-order valence-electron chi connectivity index (χ4n) is 5.93. The molecule has 3 heteroatoms. The molecular weight excluding hydrogens is 502 g/mol. The van der Waals surface area contributed by atoms with Gasteiger partial charge in [0.15, 0.2) is 5.69 Å². The number of fused-ring (bicyclic) bond motifs is 1. The molecule has 0 saturated heterocycles. The summed E-state index contributed by atoms with van der Waals surface area (Å²) in [7, 11) is 0. The highest BCUT2D eigenvalue weighted by atomic mass is 16.5. The monoisotopic (exact) mass is 565 g/mol. The van der Waals surface area contributed by atoms with Crippen LogP contribution >= 0.6 is 0 Å². The van der Waals surface area contributed by atoms with Gasteiger partial charge >= 0.3 is 5.97 Å². The fourth-order valence-corrected chi connectivity index (χ4v) is 5.93. The molecule has 0 aliphatic heterocycles. The summed E-state index contributed by atoms with van der Waals surface area (Å²) in [6.45, 7) is 2.79. The number of hydrogen-bond donors (Lipinski definition) is 0. The van der Waals surface area contributed by atoms with E-state index in [2.05, 4.69) is 11.9 Å². The topological polar surface area (TPSA) is 39.2 Å². The van der Waals surface area contributed by atoms with Gasteiger partial charge in [0.05, 0.1) is 6.61 Å². The molecule has 3 nitrogen and oxygen atoms in total. The van der Waals surface area contributed by atoms with Crippen LogP contribution in [0.5, 0.6) is 0 Å². The minimum absolute atomic E-state index is 0.304. The second kappa shape index (κ2) is 25.8. The number of carbonyl (C=O) groups excluding carboxylic acids is 1. The molecule has 0 fully saturated rings. The van der Waals surface area contributed by atoms with Crippen LogP contribution < -0.4 is 0 Å². The molecule has 0 aliphatic carbocycles. The molecule has 1 aromatic carbocycles. The summed E-state index contributed by atoms with van der Waals surface area (Å²) in [5.74, 6) is -0.304. The van der Waals surface area contributed by atoms with E-state index in [0.29, 0.717) is 12.3 Å². The maximum absolute atomic E-state index is 12.4. The molecule has 0 N–H and O–H groups in total. The van der Waals surface area contributed by atoms with Crippen molar-refractivity contribution in [3.8, 4) is 0 Å². The van der Waals surface area contributed by atoms with Gasteiger partial charge in [-0.15, -0.1) is 0 Å². The lowest BCUT2D eigenvalue weighted by Crippen LogP contribution is -2.09. The van der Waals surface area contributed by atoms with Gasteiger partial charge in [-0.25, -0.2) is 9.78 Å². The highest BCUT2D eigenvalue weighted by Gasteiger charge is 2.12. The van der Waals surface area contributed by atoms with Gasteiger partial charge < -0.3 is 4.74 Å². The van der Waals surface area contributed by atoms with Crippen molar-refractivity contribution < 1.29 is 9.53 Å². The number of nitrogens with zero attached hydrogens (tertiary/aromatic N) is 1. The predicted molar refractivity (Wildman–Crippen MR) is 178 cm³/mol. The minimum Gasteiger partial charge on any atom is -0.461 e. The van der Waals surface area contributed by atoms with Crippen molar-refractivity contribution in [1.29, 1.82) is 0 Å². The Morgan fingerprint density at radius 2 is 0.927 bits per heavy atom. The van der Waals surface area contributed by atoms with Crippen LogP contribution in [0.3, 0.4) is 0 Å². The van der Waals surface area contributed by atoms with Gasteiger partial charge in [-0.2, -0.15) is 0 Å². The van der Waals surface area contributed by atoms with Crippen molar-refractivity contribution in [2.24, 2.45) is 0 Å².